The van der Waals surface area contributed by atoms with Crippen LogP contribution in [0.5, 0.6) is 5.75 Å². The van der Waals surface area contributed by atoms with Crippen LogP contribution in [0.15, 0.2) is 34.6 Å². The van der Waals surface area contributed by atoms with Crippen molar-refractivity contribution in [1.82, 2.24) is 9.78 Å². The van der Waals surface area contributed by atoms with Crippen molar-refractivity contribution in [3.63, 3.8) is 0 Å². The maximum Gasteiger partial charge on any atom is 0.115 e. The molecule has 3 unspecified atom stereocenters. The van der Waals surface area contributed by atoms with Gasteiger partial charge in [0.1, 0.15) is 5.75 Å². The molecule has 158 valence electrons. The van der Waals surface area contributed by atoms with E-state index in [0.29, 0.717) is 17.6 Å². The highest BCUT2D eigenvalue weighted by atomic mass is 16.3. The third kappa shape index (κ3) is 3.10. The Bertz CT molecular complexity index is 1020. The fourth-order valence-electron chi connectivity index (χ4n) is 6.50. The zero-order valence-corrected chi connectivity index (χ0v) is 18.3. The van der Waals surface area contributed by atoms with Crippen molar-refractivity contribution in [3.8, 4) is 5.75 Å². The summed E-state index contributed by atoms with van der Waals surface area (Å²) in [5.74, 6) is 2.46. The van der Waals surface area contributed by atoms with E-state index in [4.69, 9.17) is 5.10 Å². The van der Waals surface area contributed by atoms with Crippen LogP contribution in [-0.4, -0.2) is 26.8 Å². The molecular formula is C25H32N4O. The quantitative estimate of drug-likeness (QED) is 0.561. The van der Waals surface area contributed by atoms with Crippen LogP contribution in [0.25, 0.3) is 0 Å². The second kappa shape index (κ2) is 7.36. The first-order valence-corrected chi connectivity index (χ1v) is 11.5. The molecule has 2 aromatic rings. The van der Waals surface area contributed by atoms with Gasteiger partial charge in [-0.1, -0.05) is 13.0 Å². The largest absolute Gasteiger partial charge is 0.508 e. The molecule has 0 amide bonds. The van der Waals surface area contributed by atoms with Crippen molar-refractivity contribution >= 4 is 11.9 Å². The van der Waals surface area contributed by atoms with Gasteiger partial charge in [-0.15, -0.1) is 0 Å². The lowest BCUT2D eigenvalue weighted by atomic mass is 9.55. The SMILES string of the molecule is CCn1cc(C=NN=C2CCC3C4CCc5cc(O)ccc5C4CC[C@]23C)c(C)n1. The molecule has 2 fully saturated rings. The molecule has 0 radical (unpaired) electrons. The number of hydrogen-bond donors (Lipinski definition) is 1. The summed E-state index contributed by atoms with van der Waals surface area (Å²) < 4.78 is 1.94. The number of aryl methyl sites for hydroxylation is 3. The van der Waals surface area contributed by atoms with Gasteiger partial charge in [-0.3, -0.25) is 4.68 Å². The molecular weight excluding hydrogens is 372 g/mol. The lowest BCUT2D eigenvalue weighted by Gasteiger charge is -2.49. The summed E-state index contributed by atoms with van der Waals surface area (Å²) in [6.45, 7) is 7.42. The third-order valence-electron chi connectivity index (χ3n) is 8.13. The molecule has 0 saturated heterocycles. The van der Waals surface area contributed by atoms with E-state index in [1.54, 1.807) is 0 Å². The third-order valence-corrected chi connectivity index (χ3v) is 8.13. The number of benzene rings is 1. The molecule has 0 spiro atoms. The number of rotatable bonds is 3. The van der Waals surface area contributed by atoms with Crippen LogP contribution in [0.4, 0.5) is 0 Å². The van der Waals surface area contributed by atoms with Gasteiger partial charge in [0.05, 0.1) is 11.9 Å². The van der Waals surface area contributed by atoms with Crippen molar-refractivity contribution in [2.24, 2.45) is 27.5 Å². The van der Waals surface area contributed by atoms with E-state index in [2.05, 4.69) is 30.1 Å². The first-order chi connectivity index (χ1) is 14.5. The van der Waals surface area contributed by atoms with E-state index in [1.165, 1.54) is 42.5 Å². The maximum absolute atomic E-state index is 9.87. The monoisotopic (exact) mass is 404 g/mol. The number of nitrogens with zero attached hydrogens (tertiary/aromatic N) is 4. The van der Waals surface area contributed by atoms with Gasteiger partial charge < -0.3 is 5.11 Å². The Hall–Kier alpha value is -2.43. The van der Waals surface area contributed by atoms with Crippen LogP contribution >= 0.6 is 0 Å². The number of aromatic hydroxyl groups is 1. The smallest absolute Gasteiger partial charge is 0.115 e. The highest BCUT2D eigenvalue weighted by molar-refractivity contribution is 5.93. The average Bonchev–Trinajstić information content (AvgIpc) is 3.27. The predicted molar refractivity (Wildman–Crippen MR) is 120 cm³/mol. The number of phenolic OH excluding ortho intramolecular Hbond substituents is 1. The highest BCUT2D eigenvalue weighted by Gasteiger charge is 2.53. The Kier molecular flexibility index (Phi) is 4.79. The van der Waals surface area contributed by atoms with Crippen LogP contribution in [0.2, 0.25) is 0 Å². The highest BCUT2D eigenvalue weighted by Crippen LogP contribution is 2.60. The molecule has 3 aliphatic rings. The predicted octanol–water partition coefficient (Wildman–Crippen LogP) is 5.25. The first kappa shape index (κ1) is 19.5. The van der Waals surface area contributed by atoms with Crippen molar-refractivity contribution in [1.29, 1.82) is 0 Å². The molecule has 4 atom stereocenters. The number of phenols is 1. The Morgan fingerprint density at radius 2 is 2.13 bits per heavy atom. The lowest BCUT2D eigenvalue weighted by Crippen LogP contribution is -2.42. The maximum atomic E-state index is 9.87. The minimum absolute atomic E-state index is 0.176. The number of aromatic nitrogens is 2. The van der Waals surface area contributed by atoms with Crippen LogP contribution in [-0.2, 0) is 13.0 Å². The summed E-state index contributed by atoms with van der Waals surface area (Å²) in [5.41, 5.74) is 6.37. The molecule has 5 heteroatoms. The normalized spacial score (nSPS) is 31.7. The first-order valence-electron chi connectivity index (χ1n) is 11.5. The second-order valence-corrected chi connectivity index (χ2v) is 9.61. The van der Waals surface area contributed by atoms with E-state index >= 15 is 0 Å². The summed E-state index contributed by atoms with van der Waals surface area (Å²) in [7, 11) is 0. The lowest BCUT2D eigenvalue weighted by molar-refractivity contribution is 0.0955. The van der Waals surface area contributed by atoms with E-state index in [-0.39, 0.29) is 5.41 Å². The Morgan fingerprint density at radius 3 is 2.93 bits per heavy atom. The topological polar surface area (TPSA) is 62.8 Å². The second-order valence-electron chi connectivity index (χ2n) is 9.61. The minimum atomic E-state index is 0.176. The Morgan fingerprint density at radius 1 is 1.27 bits per heavy atom. The van der Waals surface area contributed by atoms with Gasteiger partial charge in [0.25, 0.3) is 0 Å². The fourth-order valence-corrected chi connectivity index (χ4v) is 6.50. The molecule has 1 aromatic heterocycles. The van der Waals surface area contributed by atoms with Crippen LogP contribution in [0, 0.1) is 24.2 Å². The molecule has 30 heavy (non-hydrogen) atoms. The van der Waals surface area contributed by atoms with E-state index in [1.807, 2.05) is 36.1 Å². The molecule has 1 aromatic carbocycles. The van der Waals surface area contributed by atoms with E-state index < -0.39 is 0 Å². The van der Waals surface area contributed by atoms with E-state index in [0.717, 1.165) is 36.6 Å². The number of hydrogen-bond acceptors (Lipinski definition) is 4. The van der Waals surface area contributed by atoms with Gasteiger partial charge >= 0.3 is 0 Å². The molecule has 5 nitrogen and oxygen atoms in total. The zero-order valence-electron chi connectivity index (χ0n) is 18.3. The van der Waals surface area contributed by atoms with E-state index in [9.17, 15) is 5.11 Å². The van der Waals surface area contributed by atoms with Crippen molar-refractivity contribution in [3.05, 3.63) is 46.8 Å². The zero-order chi connectivity index (χ0) is 20.9. The van der Waals surface area contributed by atoms with Gasteiger partial charge in [-0.2, -0.15) is 15.3 Å². The minimum Gasteiger partial charge on any atom is -0.508 e. The Balaban J connectivity index is 1.37. The molecule has 1 N–H and O–H groups in total. The fraction of sp³-hybridized carbons (Fsp3) is 0.560. The van der Waals surface area contributed by atoms with Gasteiger partial charge in [0.15, 0.2) is 0 Å². The molecule has 5 rings (SSSR count). The molecule has 2 saturated carbocycles. The van der Waals surface area contributed by atoms with Crippen molar-refractivity contribution < 1.29 is 5.11 Å². The Labute approximate surface area is 178 Å². The summed E-state index contributed by atoms with van der Waals surface area (Å²) in [6.07, 6.45) is 10.9. The van der Waals surface area contributed by atoms with Gasteiger partial charge in [0.2, 0.25) is 0 Å². The average molecular weight is 405 g/mol. The molecule has 3 aliphatic carbocycles. The van der Waals surface area contributed by atoms with Crippen molar-refractivity contribution in [2.75, 3.05) is 0 Å². The van der Waals surface area contributed by atoms with Gasteiger partial charge in [0, 0.05) is 29.4 Å². The summed E-state index contributed by atoms with van der Waals surface area (Å²) >= 11 is 0. The molecule has 1 heterocycles. The van der Waals surface area contributed by atoms with Gasteiger partial charge in [-0.05, 0) is 93.4 Å². The summed E-state index contributed by atoms with van der Waals surface area (Å²) in [5, 5.41) is 23.6. The van der Waals surface area contributed by atoms with Gasteiger partial charge in [-0.25, -0.2) is 0 Å². The summed E-state index contributed by atoms with van der Waals surface area (Å²) in [6, 6.07) is 6.03. The van der Waals surface area contributed by atoms with Crippen molar-refractivity contribution in [2.45, 2.75) is 71.8 Å². The number of fused-ring (bicyclic) bond motifs is 5. The molecule has 0 bridgehead atoms. The molecule has 0 aliphatic heterocycles. The summed E-state index contributed by atoms with van der Waals surface area (Å²) in [4.78, 5) is 0. The standard InChI is InChI=1S/C25H32N4O/c1-4-29-15-18(16(2)28-29)14-26-27-24-10-9-23-22-7-5-17-13-19(30)6-8-20(17)21(22)11-12-25(23,24)3/h6,8,13-15,21-23,30H,4-5,7,9-12H2,1-3H3/t21?,22?,23?,25-/m0/s1. The van der Waals surface area contributed by atoms with Crippen LogP contribution < -0.4 is 0 Å². The van der Waals surface area contributed by atoms with Crippen LogP contribution in [0.1, 0.15) is 74.3 Å². The van der Waals surface area contributed by atoms with Crippen LogP contribution in [0.3, 0.4) is 0 Å².